The van der Waals surface area contributed by atoms with Crippen molar-refractivity contribution in [3.05, 3.63) is 77.4 Å². The van der Waals surface area contributed by atoms with Gasteiger partial charge in [-0.05, 0) is 70.1 Å². The minimum Gasteiger partial charge on any atom is -0.497 e. The monoisotopic (exact) mass is 461 g/mol. The molecule has 0 aliphatic carbocycles. The second kappa shape index (κ2) is 11.5. The second-order valence-electron chi connectivity index (χ2n) is 7.07. The average Bonchev–Trinajstić information content (AvgIpc) is 2.83. The van der Waals surface area contributed by atoms with Crippen molar-refractivity contribution in [1.82, 2.24) is 0 Å². The number of benzene rings is 3. The first-order valence-electron chi connectivity index (χ1n) is 10.5. The normalized spacial score (nSPS) is 10.9. The zero-order valence-corrected chi connectivity index (χ0v) is 18.8. The average molecular weight is 461 g/mol. The number of ether oxygens (including phenoxy) is 1. The molecule has 0 atom stereocenters. The number of halogens is 4. The minimum atomic E-state index is -4.48. The molecular formula is C26H27F4NO2. The molecule has 0 saturated carbocycles. The minimum absolute atomic E-state index is 0.137. The zero-order valence-electron chi connectivity index (χ0n) is 18.8. The predicted octanol–water partition coefficient (Wildman–Crippen LogP) is 6.96. The number of primary amides is 1. The maximum atomic E-state index is 13.9. The Hall–Kier alpha value is -3.35. The third-order valence-electron chi connectivity index (χ3n) is 5.01. The highest BCUT2D eigenvalue weighted by atomic mass is 19.4. The van der Waals surface area contributed by atoms with Gasteiger partial charge >= 0.3 is 6.18 Å². The van der Waals surface area contributed by atoms with E-state index < -0.39 is 24.3 Å². The summed E-state index contributed by atoms with van der Waals surface area (Å²) >= 11 is 0. The number of rotatable bonds is 7. The Morgan fingerprint density at radius 2 is 1.55 bits per heavy atom. The molecule has 0 aromatic heterocycles. The van der Waals surface area contributed by atoms with Crippen molar-refractivity contribution in [2.24, 2.45) is 5.73 Å². The fourth-order valence-corrected chi connectivity index (χ4v) is 3.46. The molecule has 0 fully saturated rings. The van der Waals surface area contributed by atoms with Gasteiger partial charge < -0.3 is 10.5 Å². The van der Waals surface area contributed by atoms with Crippen molar-refractivity contribution < 1.29 is 27.1 Å². The summed E-state index contributed by atoms with van der Waals surface area (Å²) in [5, 5.41) is 0. The first kappa shape index (κ1) is 25.9. The summed E-state index contributed by atoms with van der Waals surface area (Å²) in [5.41, 5.74) is 7.69. The van der Waals surface area contributed by atoms with Gasteiger partial charge in [0.2, 0.25) is 5.91 Å². The SMILES string of the molecule is CC.COc1ccc(-c2ccc(-c3cccc(C(F)(F)F)c3)c(CF)c2)c(CCC(N)=O)c1. The summed E-state index contributed by atoms with van der Waals surface area (Å²) < 4.78 is 58.3. The molecule has 2 N–H and O–H groups in total. The fraction of sp³-hybridized carbons (Fsp3) is 0.269. The number of hydrogen-bond acceptors (Lipinski definition) is 2. The summed E-state index contributed by atoms with van der Waals surface area (Å²) in [7, 11) is 1.53. The molecule has 0 aliphatic heterocycles. The van der Waals surface area contributed by atoms with Gasteiger partial charge in [0, 0.05) is 6.42 Å². The van der Waals surface area contributed by atoms with Crippen LogP contribution in [0.2, 0.25) is 0 Å². The molecular weight excluding hydrogens is 434 g/mol. The maximum Gasteiger partial charge on any atom is 0.416 e. The van der Waals surface area contributed by atoms with E-state index >= 15 is 0 Å². The van der Waals surface area contributed by atoms with E-state index in [-0.39, 0.29) is 17.5 Å². The van der Waals surface area contributed by atoms with Gasteiger partial charge in [0.15, 0.2) is 0 Å². The third kappa shape index (κ3) is 6.57. The van der Waals surface area contributed by atoms with Crippen molar-refractivity contribution in [3.63, 3.8) is 0 Å². The van der Waals surface area contributed by atoms with Gasteiger partial charge in [0.1, 0.15) is 12.4 Å². The summed E-state index contributed by atoms with van der Waals surface area (Å²) in [6, 6.07) is 15.1. The Bertz CT molecular complexity index is 1090. The van der Waals surface area contributed by atoms with Crippen LogP contribution < -0.4 is 10.5 Å². The first-order chi connectivity index (χ1) is 15.7. The first-order valence-corrected chi connectivity index (χ1v) is 10.5. The zero-order chi connectivity index (χ0) is 24.6. The molecule has 0 radical (unpaired) electrons. The van der Waals surface area contributed by atoms with Crippen LogP contribution in [0.3, 0.4) is 0 Å². The molecule has 3 rings (SSSR count). The molecule has 3 aromatic rings. The van der Waals surface area contributed by atoms with Gasteiger partial charge in [-0.3, -0.25) is 4.79 Å². The Morgan fingerprint density at radius 1 is 0.909 bits per heavy atom. The lowest BCUT2D eigenvalue weighted by atomic mass is 9.91. The summed E-state index contributed by atoms with van der Waals surface area (Å²) in [6.07, 6.45) is -3.97. The van der Waals surface area contributed by atoms with Crippen molar-refractivity contribution in [2.45, 2.75) is 39.5 Å². The quantitative estimate of drug-likeness (QED) is 0.387. The molecule has 0 bridgehead atoms. The van der Waals surface area contributed by atoms with E-state index in [2.05, 4.69) is 0 Å². The Labute approximate surface area is 191 Å². The molecule has 0 unspecified atom stereocenters. The van der Waals surface area contributed by atoms with Crippen LogP contribution in [-0.2, 0) is 24.1 Å². The highest BCUT2D eigenvalue weighted by Crippen LogP contribution is 2.36. The van der Waals surface area contributed by atoms with Crippen LogP contribution in [0.1, 0.15) is 37.0 Å². The predicted molar refractivity (Wildman–Crippen MR) is 123 cm³/mol. The number of aryl methyl sites for hydroxylation is 1. The van der Waals surface area contributed by atoms with Crippen molar-refractivity contribution in [3.8, 4) is 28.0 Å². The molecule has 0 spiro atoms. The Morgan fingerprint density at radius 3 is 2.15 bits per heavy atom. The van der Waals surface area contributed by atoms with E-state index in [1.54, 1.807) is 36.4 Å². The van der Waals surface area contributed by atoms with Gasteiger partial charge in [-0.15, -0.1) is 0 Å². The molecule has 7 heteroatoms. The highest BCUT2D eigenvalue weighted by molar-refractivity contribution is 5.77. The number of nitrogens with two attached hydrogens (primary N) is 1. The van der Waals surface area contributed by atoms with Gasteiger partial charge in [-0.1, -0.05) is 44.2 Å². The van der Waals surface area contributed by atoms with E-state index in [0.29, 0.717) is 23.3 Å². The lowest BCUT2D eigenvalue weighted by Crippen LogP contribution is -2.11. The third-order valence-corrected chi connectivity index (χ3v) is 5.01. The van der Waals surface area contributed by atoms with E-state index in [4.69, 9.17) is 10.5 Å². The molecule has 33 heavy (non-hydrogen) atoms. The molecule has 3 nitrogen and oxygen atoms in total. The Balaban J connectivity index is 0.00000187. The largest absolute Gasteiger partial charge is 0.497 e. The van der Waals surface area contributed by atoms with Crippen molar-refractivity contribution in [2.75, 3.05) is 7.11 Å². The standard InChI is InChI=1S/C24H21F4NO2.C2H6/c1-31-20-7-9-21(17(13-20)6-10-23(29)30)16-5-8-22(18(11-16)14-25)15-3-2-4-19(12-15)24(26,27)28;1-2/h2-5,7-9,11-13H,6,10,14H2,1H3,(H2,29,30);1-2H3. The van der Waals surface area contributed by atoms with E-state index in [9.17, 15) is 22.4 Å². The van der Waals surface area contributed by atoms with Crippen molar-refractivity contribution in [1.29, 1.82) is 0 Å². The molecule has 3 aromatic carbocycles. The van der Waals surface area contributed by atoms with Crippen molar-refractivity contribution >= 4 is 5.91 Å². The highest BCUT2D eigenvalue weighted by Gasteiger charge is 2.30. The van der Waals surface area contributed by atoms with Crippen LogP contribution >= 0.6 is 0 Å². The number of hydrogen-bond donors (Lipinski definition) is 1. The van der Waals surface area contributed by atoms with Crippen LogP contribution in [-0.4, -0.2) is 13.0 Å². The van der Waals surface area contributed by atoms with Crippen LogP contribution in [0.15, 0.2) is 60.7 Å². The maximum absolute atomic E-state index is 13.9. The van der Waals surface area contributed by atoms with Gasteiger partial charge in [0.25, 0.3) is 0 Å². The lowest BCUT2D eigenvalue weighted by molar-refractivity contribution is -0.137. The fourth-order valence-electron chi connectivity index (χ4n) is 3.46. The number of amides is 1. The van der Waals surface area contributed by atoms with E-state index in [1.165, 1.54) is 19.2 Å². The van der Waals surface area contributed by atoms with E-state index in [0.717, 1.165) is 23.3 Å². The summed E-state index contributed by atoms with van der Waals surface area (Å²) in [6.45, 7) is 3.16. The number of methoxy groups -OCH3 is 1. The van der Waals surface area contributed by atoms with Gasteiger partial charge in [-0.25, -0.2) is 4.39 Å². The topological polar surface area (TPSA) is 52.3 Å². The van der Waals surface area contributed by atoms with Crippen LogP contribution in [0.25, 0.3) is 22.3 Å². The molecule has 0 heterocycles. The van der Waals surface area contributed by atoms with Crippen LogP contribution in [0.4, 0.5) is 17.6 Å². The molecule has 0 saturated heterocycles. The smallest absolute Gasteiger partial charge is 0.416 e. The number of alkyl halides is 4. The van der Waals surface area contributed by atoms with Gasteiger partial charge in [0.05, 0.1) is 12.7 Å². The molecule has 0 aliphatic rings. The number of carbonyl (C=O) groups excluding carboxylic acids is 1. The van der Waals surface area contributed by atoms with Crippen LogP contribution in [0, 0.1) is 0 Å². The van der Waals surface area contributed by atoms with Crippen LogP contribution in [0.5, 0.6) is 5.75 Å². The molecule has 176 valence electrons. The van der Waals surface area contributed by atoms with Gasteiger partial charge in [-0.2, -0.15) is 13.2 Å². The molecule has 1 amide bonds. The van der Waals surface area contributed by atoms with E-state index in [1.807, 2.05) is 13.8 Å². The summed E-state index contributed by atoms with van der Waals surface area (Å²) in [4.78, 5) is 11.2. The lowest BCUT2D eigenvalue weighted by Gasteiger charge is -2.15. The number of carbonyl (C=O) groups is 1. The second-order valence-corrected chi connectivity index (χ2v) is 7.07. The Kier molecular flexibility index (Phi) is 9.02. The summed E-state index contributed by atoms with van der Waals surface area (Å²) in [5.74, 6) is 0.160.